The Labute approximate surface area is 297 Å². The Hall–Kier alpha value is -4.86. The third-order valence-corrected chi connectivity index (χ3v) is 7.77. The average molecular weight is 711 g/mol. The van der Waals surface area contributed by atoms with Crippen LogP contribution in [0.15, 0.2) is 103 Å². The number of unbranched alkanes of at least 4 members (excludes halogenated alkanes) is 4. The Bertz CT molecular complexity index is 1650. The van der Waals surface area contributed by atoms with E-state index in [0.717, 1.165) is 36.8 Å². The summed E-state index contributed by atoms with van der Waals surface area (Å²) in [5.41, 5.74) is 1.95. The van der Waals surface area contributed by atoms with Crippen molar-refractivity contribution >= 4 is 11.9 Å². The van der Waals surface area contributed by atoms with Crippen LogP contribution in [0.1, 0.15) is 80.2 Å². The zero-order valence-electron chi connectivity index (χ0n) is 29.5. The van der Waals surface area contributed by atoms with Gasteiger partial charge in [-0.3, -0.25) is 0 Å². The molecule has 0 fully saturated rings. The van der Waals surface area contributed by atoms with Gasteiger partial charge in [-0.2, -0.15) is 17.6 Å². The van der Waals surface area contributed by atoms with Gasteiger partial charge in [-0.25, -0.2) is 9.59 Å². The van der Waals surface area contributed by atoms with E-state index in [0.29, 0.717) is 50.0 Å². The summed E-state index contributed by atoms with van der Waals surface area (Å²) in [6.07, 6.45) is 2.50. The van der Waals surface area contributed by atoms with Crippen molar-refractivity contribution < 1.29 is 46.1 Å². The largest absolute Gasteiger partial charge is 0.462 e. The van der Waals surface area contributed by atoms with Gasteiger partial charge in [0.15, 0.2) is 0 Å². The number of alkyl halides is 4. The standard InChI is InChI=1S/C41H46F4O6/c1-29(2)38(46)48-26-12-8-6-10-14-32-16-20-34(21-17-32)40(42,43)50-36-24-25-37(31(5)28-36)51-41(44,45)35-22-18-33(19-23-35)15-11-7-9-13-27-49-39(47)30(3)4/h6,10,16-25,28H,1,3,7-9,11-15,26-27H2,2,4-5H3/b10-6+. The van der Waals surface area contributed by atoms with Crippen molar-refractivity contribution in [2.45, 2.75) is 84.4 Å². The molecule has 0 heterocycles. The molecule has 0 aliphatic heterocycles. The fourth-order valence-corrected chi connectivity index (χ4v) is 4.80. The van der Waals surface area contributed by atoms with Crippen LogP contribution in [-0.2, 0) is 44.1 Å². The van der Waals surface area contributed by atoms with Crippen LogP contribution in [0.2, 0.25) is 0 Å². The fraction of sp³-hybridized carbons (Fsp3) is 0.366. The Morgan fingerprint density at radius 3 is 1.76 bits per heavy atom. The molecule has 0 saturated carbocycles. The number of carbonyl (C=O) groups is 2. The van der Waals surface area contributed by atoms with Gasteiger partial charge in [0.1, 0.15) is 11.5 Å². The number of rotatable bonds is 21. The molecule has 0 saturated heterocycles. The first-order valence-electron chi connectivity index (χ1n) is 16.9. The Balaban J connectivity index is 1.46. The van der Waals surface area contributed by atoms with Crippen LogP contribution in [0.3, 0.4) is 0 Å². The summed E-state index contributed by atoms with van der Waals surface area (Å²) in [5.74, 6) is -1.19. The molecule has 0 aromatic heterocycles. The van der Waals surface area contributed by atoms with Crippen molar-refractivity contribution in [2.75, 3.05) is 13.2 Å². The van der Waals surface area contributed by atoms with E-state index in [9.17, 15) is 9.59 Å². The highest BCUT2D eigenvalue weighted by Crippen LogP contribution is 2.37. The summed E-state index contributed by atoms with van der Waals surface area (Å²) in [6.45, 7) is 12.3. The van der Waals surface area contributed by atoms with E-state index < -0.39 is 24.2 Å². The molecule has 0 unspecified atom stereocenters. The number of esters is 2. The van der Waals surface area contributed by atoms with Crippen LogP contribution >= 0.6 is 0 Å². The Morgan fingerprint density at radius 1 is 0.667 bits per heavy atom. The lowest BCUT2D eigenvalue weighted by Gasteiger charge is -2.22. The maximum atomic E-state index is 15.1. The topological polar surface area (TPSA) is 71.1 Å². The lowest BCUT2D eigenvalue weighted by molar-refractivity contribution is -0.188. The number of hydrogen-bond acceptors (Lipinski definition) is 6. The summed E-state index contributed by atoms with van der Waals surface area (Å²) >= 11 is 0. The lowest BCUT2D eigenvalue weighted by atomic mass is 10.0. The van der Waals surface area contributed by atoms with Gasteiger partial charge in [-0.05, 0) is 118 Å². The molecule has 10 heteroatoms. The van der Waals surface area contributed by atoms with Crippen LogP contribution in [0.5, 0.6) is 11.5 Å². The second-order valence-electron chi connectivity index (χ2n) is 12.4. The number of carbonyl (C=O) groups excluding carboxylic acids is 2. The van der Waals surface area contributed by atoms with Crippen molar-refractivity contribution in [1.82, 2.24) is 0 Å². The molecular formula is C41H46F4O6. The van der Waals surface area contributed by atoms with Crippen molar-refractivity contribution in [2.24, 2.45) is 0 Å². The fourth-order valence-electron chi connectivity index (χ4n) is 4.80. The molecule has 274 valence electrons. The van der Waals surface area contributed by atoms with E-state index in [-0.39, 0.29) is 28.2 Å². The first-order chi connectivity index (χ1) is 24.2. The number of benzene rings is 3. The molecule has 0 spiro atoms. The summed E-state index contributed by atoms with van der Waals surface area (Å²) < 4.78 is 80.3. The number of hydrogen-bond donors (Lipinski definition) is 0. The van der Waals surface area contributed by atoms with E-state index in [1.807, 2.05) is 12.2 Å². The van der Waals surface area contributed by atoms with E-state index in [1.165, 1.54) is 49.4 Å². The van der Waals surface area contributed by atoms with Gasteiger partial charge in [0.05, 0.1) is 24.3 Å². The van der Waals surface area contributed by atoms with Crippen molar-refractivity contribution in [3.05, 3.63) is 131 Å². The third kappa shape index (κ3) is 13.8. The lowest BCUT2D eigenvalue weighted by Crippen LogP contribution is -2.23. The minimum atomic E-state index is -3.67. The van der Waals surface area contributed by atoms with Gasteiger partial charge in [0.25, 0.3) is 0 Å². The van der Waals surface area contributed by atoms with Crippen LogP contribution in [-0.4, -0.2) is 25.2 Å². The summed E-state index contributed by atoms with van der Waals surface area (Å²) in [5, 5.41) is 0. The smallest absolute Gasteiger partial charge is 0.426 e. The second kappa shape index (κ2) is 19.5. The third-order valence-electron chi connectivity index (χ3n) is 7.77. The maximum absolute atomic E-state index is 15.1. The molecule has 0 aliphatic carbocycles. The predicted molar refractivity (Wildman–Crippen MR) is 189 cm³/mol. The van der Waals surface area contributed by atoms with E-state index >= 15 is 17.6 Å². The Morgan fingerprint density at radius 2 is 1.20 bits per heavy atom. The molecule has 0 atom stereocenters. The molecule has 0 aliphatic rings. The molecule has 0 bridgehead atoms. The first-order valence-corrected chi connectivity index (χ1v) is 16.9. The highest BCUT2D eigenvalue weighted by atomic mass is 19.3. The highest BCUT2D eigenvalue weighted by molar-refractivity contribution is 5.87. The number of allylic oxidation sites excluding steroid dienone is 2. The van der Waals surface area contributed by atoms with Crippen LogP contribution in [0.25, 0.3) is 0 Å². The monoisotopic (exact) mass is 710 g/mol. The highest BCUT2D eigenvalue weighted by Gasteiger charge is 2.36. The number of aryl methyl sites for hydroxylation is 2. The first kappa shape index (κ1) is 40.6. The van der Waals surface area contributed by atoms with Gasteiger partial charge in [0.2, 0.25) is 0 Å². The van der Waals surface area contributed by atoms with E-state index in [1.54, 1.807) is 38.1 Å². The number of ether oxygens (including phenoxy) is 4. The second-order valence-corrected chi connectivity index (χ2v) is 12.4. The van der Waals surface area contributed by atoms with Crippen LogP contribution in [0, 0.1) is 6.92 Å². The minimum Gasteiger partial charge on any atom is -0.462 e. The Kier molecular flexibility index (Phi) is 15.5. The molecule has 0 radical (unpaired) electrons. The van der Waals surface area contributed by atoms with Crippen molar-refractivity contribution in [3.63, 3.8) is 0 Å². The SMILES string of the molecule is C=C(C)C(=O)OCCC/C=C/Cc1ccc(C(F)(F)Oc2ccc(OC(F)(F)c3ccc(CCCCCCOC(=O)C(=C)C)cc3)c(C)c2)cc1. The zero-order chi connectivity index (χ0) is 37.4. The molecule has 0 amide bonds. The van der Waals surface area contributed by atoms with E-state index in [4.69, 9.17) is 18.9 Å². The molecule has 3 aromatic carbocycles. The normalized spacial score (nSPS) is 11.7. The molecule has 3 aromatic rings. The molecular weight excluding hydrogens is 664 g/mol. The van der Waals surface area contributed by atoms with Gasteiger partial charge in [0, 0.05) is 11.1 Å². The van der Waals surface area contributed by atoms with Gasteiger partial charge in [-0.1, -0.05) is 62.4 Å². The summed E-state index contributed by atoms with van der Waals surface area (Å²) in [7, 11) is 0. The van der Waals surface area contributed by atoms with Gasteiger partial charge >= 0.3 is 24.2 Å². The number of halogens is 4. The predicted octanol–water partition coefficient (Wildman–Crippen LogP) is 10.5. The summed E-state index contributed by atoms with van der Waals surface area (Å²) in [4.78, 5) is 22.7. The van der Waals surface area contributed by atoms with Gasteiger partial charge in [-0.15, -0.1) is 0 Å². The minimum absolute atomic E-state index is 0.168. The quantitative estimate of drug-likeness (QED) is 0.0360. The average Bonchev–Trinajstić information content (AvgIpc) is 3.08. The maximum Gasteiger partial charge on any atom is 0.426 e. The van der Waals surface area contributed by atoms with Crippen LogP contribution < -0.4 is 9.47 Å². The van der Waals surface area contributed by atoms with Gasteiger partial charge < -0.3 is 18.9 Å². The van der Waals surface area contributed by atoms with Crippen molar-refractivity contribution in [3.8, 4) is 11.5 Å². The molecule has 51 heavy (non-hydrogen) atoms. The van der Waals surface area contributed by atoms with Crippen LogP contribution in [0.4, 0.5) is 17.6 Å². The van der Waals surface area contributed by atoms with E-state index in [2.05, 4.69) is 13.2 Å². The summed E-state index contributed by atoms with van der Waals surface area (Å²) in [6, 6.07) is 15.2. The molecule has 0 N–H and O–H groups in total. The molecule has 3 rings (SSSR count). The zero-order valence-corrected chi connectivity index (χ0v) is 29.5. The molecule has 6 nitrogen and oxygen atoms in total. The van der Waals surface area contributed by atoms with Crippen molar-refractivity contribution in [1.29, 1.82) is 0 Å².